The van der Waals surface area contributed by atoms with Crippen LogP contribution in [0.1, 0.15) is 16.8 Å². The molecule has 0 amide bonds. The summed E-state index contributed by atoms with van der Waals surface area (Å²) in [6.45, 7) is 0. The van der Waals surface area contributed by atoms with Gasteiger partial charge < -0.3 is 4.57 Å². The highest BCUT2D eigenvalue weighted by Crippen LogP contribution is 2.60. The molecule has 37 heavy (non-hydrogen) atoms. The first-order valence-corrected chi connectivity index (χ1v) is 14.4. The lowest BCUT2D eigenvalue weighted by Crippen LogP contribution is -2.22. The van der Waals surface area contributed by atoms with Gasteiger partial charge in [-0.15, -0.1) is 0 Å². The SMILES string of the molecule is O=P(c1cccc2ccccc12)(c1cccc2ccccc12)C(/C=C/c1ccccc1)c1ccccc1. The lowest BCUT2D eigenvalue weighted by molar-refractivity contribution is 0.584. The lowest BCUT2D eigenvalue weighted by atomic mass is 10.1. The molecule has 0 fully saturated rings. The number of allylic oxidation sites excluding steroid dienone is 1. The molecular formula is C35H27OP. The van der Waals surface area contributed by atoms with Crippen molar-refractivity contribution in [2.75, 3.05) is 0 Å². The Bertz CT molecular complexity index is 1660. The van der Waals surface area contributed by atoms with E-state index in [-0.39, 0.29) is 5.66 Å². The van der Waals surface area contributed by atoms with Gasteiger partial charge in [-0.3, -0.25) is 0 Å². The average molecular weight is 495 g/mol. The van der Waals surface area contributed by atoms with Crippen LogP contribution in [-0.2, 0) is 4.57 Å². The van der Waals surface area contributed by atoms with Gasteiger partial charge in [-0.2, -0.15) is 0 Å². The molecule has 0 bridgehead atoms. The summed E-state index contributed by atoms with van der Waals surface area (Å²) in [4.78, 5) is 0. The van der Waals surface area contributed by atoms with Gasteiger partial charge in [-0.05, 0) is 32.7 Å². The summed E-state index contributed by atoms with van der Waals surface area (Å²) in [6.07, 6.45) is 4.26. The molecule has 0 N–H and O–H groups in total. The van der Waals surface area contributed by atoms with Gasteiger partial charge in [0.2, 0.25) is 0 Å². The number of benzene rings is 6. The third-order valence-electron chi connectivity index (χ3n) is 7.05. The smallest absolute Gasteiger partial charge is 0.155 e. The quantitative estimate of drug-likeness (QED) is 0.212. The minimum absolute atomic E-state index is 0.342. The molecule has 0 saturated carbocycles. The molecule has 6 aromatic carbocycles. The number of hydrogen-bond donors (Lipinski definition) is 0. The predicted molar refractivity (Wildman–Crippen MR) is 159 cm³/mol. The largest absolute Gasteiger partial charge is 0.313 e. The van der Waals surface area contributed by atoms with Gasteiger partial charge in [-0.1, -0.05) is 158 Å². The molecule has 6 aromatic rings. The van der Waals surface area contributed by atoms with E-state index < -0.39 is 7.14 Å². The van der Waals surface area contributed by atoms with Crippen molar-refractivity contribution in [3.05, 3.63) is 163 Å². The second-order valence-corrected chi connectivity index (χ2v) is 12.1. The summed E-state index contributed by atoms with van der Waals surface area (Å²) in [5, 5.41) is 6.06. The highest BCUT2D eigenvalue weighted by molar-refractivity contribution is 7.80. The topological polar surface area (TPSA) is 17.1 Å². The van der Waals surface area contributed by atoms with Gasteiger partial charge in [0, 0.05) is 10.6 Å². The van der Waals surface area contributed by atoms with Gasteiger partial charge in [0.1, 0.15) is 0 Å². The highest BCUT2D eigenvalue weighted by atomic mass is 31.2. The van der Waals surface area contributed by atoms with Crippen molar-refractivity contribution < 1.29 is 4.57 Å². The van der Waals surface area contributed by atoms with Gasteiger partial charge >= 0.3 is 0 Å². The lowest BCUT2D eigenvalue weighted by Gasteiger charge is -2.29. The molecule has 2 heteroatoms. The summed E-state index contributed by atoms with van der Waals surface area (Å²) in [7, 11) is -3.27. The van der Waals surface area contributed by atoms with Crippen molar-refractivity contribution in [3.63, 3.8) is 0 Å². The Morgan fingerprint density at radius 2 is 0.946 bits per heavy atom. The van der Waals surface area contributed by atoms with Crippen molar-refractivity contribution in [1.82, 2.24) is 0 Å². The van der Waals surface area contributed by atoms with Crippen LogP contribution in [-0.4, -0.2) is 0 Å². The number of hydrogen-bond acceptors (Lipinski definition) is 1. The third-order valence-corrected chi connectivity index (χ3v) is 10.5. The Morgan fingerprint density at radius 1 is 0.486 bits per heavy atom. The number of rotatable bonds is 6. The van der Waals surface area contributed by atoms with Crippen molar-refractivity contribution in [1.29, 1.82) is 0 Å². The third kappa shape index (κ3) is 4.33. The van der Waals surface area contributed by atoms with Crippen LogP contribution in [0.5, 0.6) is 0 Å². The van der Waals surface area contributed by atoms with Crippen LogP contribution in [0.15, 0.2) is 152 Å². The first-order valence-electron chi connectivity index (χ1n) is 12.6. The zero-order valence-electron chi connectivity index (χ0n) is 20.4. The Kier molecular flexibility index (Phi) is 6.31. The van der Waals surface area contributed by atoms with Crippen LogP contribution in [0.3, 0.4) is 0 Å². The molecule has 0 aliphatic carbocycles. The van der Waals surface area contributed by atoms with Gasteiger partial charge in [0.15, 0.2) is 7.14 Å². The van der Waals surface area contributed by atoms with E-state index in [9.17, 15) is 0 Å². The molecule has 0 aliphatic heterocycles. The maximum Gasteiger partial charge on any atom is 0.155 e. The number of fused-ring (bicyclic) bond motifs is 2. The van der Waals surface area contributed by atoms with E-state index in [2.05, 4.69) is 84.9 Å². The highest BCUT2D eigenvalue weighted by Gasteiger charge is 2.38. The minimum atomic E-state index is -3.27. The molecule has 1 unspecified atom stereocenters. The van der Waals surface area contributed by atoms with E-state index in [4.69, 9.17) is 0 Å². The fourth-order valence-electron chi connectivity index (χ4n) is 5.28. The van der Waals surface area contributed by atoms with E-state index in [1.165, 1.54) is 0 Å². The predicted octanol–water partition coefficient (Wildman–Crippen LogP) is 8.76. The van der Waals surface area contributed by atoms with Crippen LogP contribution in [0.4, 0.5) is 0 Å². The second-order valence-electron chi connectivity index (χ2n) is 9.28. The molecule has 0 spiro atoms. The van der Waals surface area contributed by atoms with E-state index in [0.717, 1.165) is 43.3 Å². The summed E-state index contributed by atoms with van der Waals surface area (Å²) < 4.78 is 16.1. The monoisotopic (exact) mass is 494 g/mol. The van der Waals surface area contributed by atoms with Crippen LogP contribution in [0.25, 0.3) is 27.6 Å². The minimum Gasteiger partial charge on any atom is -0.313 e. The Morgan fingerprint density at radius 3 is 1.51 bits per heavy atom. The summed E-state index contributed by atoms with van der Waals surface area (Å²) in [5.41, 5.74) is 1.79. The first-order chi connectivity index (χ1) is 18.2. The summed E-state index contributed by atoms with van der Waals surface area (Å²) in [5.74, 6) is 0. The van der Waals surface area contributed by atoms with Crippen molar-refractivity contribution in [2.24, 2.45) is 0 Å². The van der Waals surface area contributed by atoms with Crippen molar-refractivity contribution in [2.45, 2.75) is 5.66 Å². The maximum atomic E-state index is 16.1. The van der Waals surface area contributed by atoms with Crippen LogP contribution in [0.2, 0.25) is 0 Å². The summed E-state index contributed by atoms with van der Waals surface area (Å²) >= 11 is 0. The van der Waals surface area contributed by atoms with E-state index in [1.54, 1.807) is 0 Å². The fourth-order valence-corrected chi connectivity index (χ4v) is 8.80. The molecular weight excluding hydrogens is 467 g/mol. The molecule has 178 valence electrons. The van der Waals surface area contributed by atoms with Crippen molar-refractivity contribution >= 4 is 45.4 Å². The molecule has 1 nitrogen and oxygen atoms in total. The zero-order chi connectivity index (χ0) is 25.1. The maximum absolute atomic E-state index is 16.1. The fraction of sp³-hybridized carbons (Fsp3) is 0.0286. The van der Waals surface area contributed by atoms with E-state index in [0.29, 0.717) is 0 Å². The molecule has 0 aliphatic rings. The van der Waals surface area contributed by atoms with Gasteiger partial charge in [0.25, 0.3) is 0 Å². The molecule has 6 rings (SSSR count). The Hall–Kier alpha value is -4.19. The normalized spacial score (nSPS) is 12.8. The molecule has 0 radical (unpaired) electrons. The molecule has 0 aromatic heterocycles. The average Bonchev–Trinajstić information content (AvgIpc) is 2.97. The standard InChI is InChI=1S/C35H27OP/c36-37(34-23-11-19-28-15-7-9-21-31(28)34,35-24-12-20-29-16-8-10-22-32(29)35)33(30-17-5-2-6-18-30)26-25-27-13-3-1-4-14-27/h1-26,33H/b26-25+. The molecule has 0 heterocycles. The first kappa shape index (κ1) is 23.2. The van der Waals surface area contributed by atoms with Gasteiger partial charge in [0.05, 0.1) is 5.66 Å². The van der Waals surface area contributed by atoms with Crippen LogP contribution >= 0.6 is 7.14 Å². The Balaban J connectivity index is 1.70. The van der Waals surface area contributed by atoms with E-state index in [1.807, 2.05) is 72.8 Å². The zero-order valence-corrected chi connectivity index (χ0v) is 21.3. The van der Waals surface area contributed by atoms with Gasteiger partial charge in [-0.25, -0.2) is 0 Å². The van der Waals surface area contributed by atoms with Crippen LogP contribution in [0, 0.1) is 0 Å². The second kappa shape index (κ2) is 10.1. The molecule has 1 atom stereocenters. The Labute approximate surface area is 218 Å². The summed E-state index contributed by atoms with van der Waals surface area (Å²) in [6, 6.07) is 49.5. The van der Waals surface area contributed by atoms with E-state index >= 15 is 4.57 Å². The van der Waals surface area contributed by atoms with Crippen LogP contribution < -0.4 is 10.6 Å². The molecule has 0 saturated heterocycles. The van der Waals surface area contributed by atoms with Crippen molar-refractivity contribution in [3.8, 4) is 0 Å².